The van der Waals surface area contributed by atoms with Crippen LogP contribution in [0.2, 0.25) is 0 Å². The van der Waals surface area contributed by atoms with Gasteiger partial charge in [-0.15, -0.1) is 0 Å². The molecule has 0 aromatic heterocycles. The van der Waals surface area contributed by atoms with E-state index in [0.29, 0.717) is 26.1 Å². The number of aliphatic hydroxyl groups excluding tert-OH is 1. The van der Waals surface area contributed by atoms with Gasteiger partial charge >= 0.3 is 0 Å². The van der Waals surface area contributed by atoms with Crippen molar-refractivity contribution in [3.05, 3.63) is 35.6 Å². The zero-order chi connectivity index (χ0) is 15.7. The van der Waals surface area contributed by atoms with Crippen LogP contribution >= 0.6 is 0 Å². The quantitative estimate of drug-likeness (QED) is 0.749. The maximum absolute atomic E-state index is 13.0. The molecule has 2 saturated heterocycles. The Morgan fingerprint density at radius 1 is 1.36 bits per heavy atom. The number of aliphatic hydroxyl groups is 1. The third kappa shape index (κ3) is 2.99. The van der Waals surface area contributed by atoms with E-state index in [4.69, 9.17) is 0 Å². The van der Waals surface area contributed by atoms with Gasteiger partial charge in [0, 0.05) is 31.6 Å². The molecule has 0 bridgehead atoms. The van der Waals surface area contributed by atoms with E-state index in [9.17, 15) is 14.3 Å². The van der Waals surface area contributed by atoms with Gasteiger partial charge in [-0.05, 0) is 31.0 Å². The summed E-state index contributed by atoms with van der Waals surface area (Å²) in [6.07, 6.45) is 0.0846. The summed E-state index contributed by atoms with van der Waals surface area (Å²) in [6.45, 7) is 3.56. The molecular weight excluding hydrogens is 285 g/mol. The Hall–Kier alpha value is -1.50. The summed E-state index contributed by atoms with van der Waals surface area (Å²) in [5.41, 5.74) is 6.97. The lowest BCUT2D eigenvalue weighted by atomic mass is 9.86. The standard InChI is InChI=1S/C16H22FN3O2/c1-10-14(8-18-19-10)16(22)20-7-6-13(15(21)9-20)11-2-4-12(17)5-3-11/h2-5,10,13-15,18-19,21H,6-9H2,1H3/t10?,13-,14?,15+/m1/s1. The summed E-state index contributed by atoms with van der Waals surface area (Å²) in [5.74, 6) is -0.320. The Morgan fingerprint density at radius 3 is 2.68 bits per heavy atom. The Balaban J connectivity index is 1.64. The molecule has 6 heteroatoms. The fraction of sp³-hybridized carbons (Fsp3) is 0.562. The molecule has 2 unspecified atom stereocenters. The molecule has 2 aliphatic rings. The highest BCUT2D eigenvalue weighted by Crippen LogP contribution is 2.29. The van der Waals surface area contributed by atoms with E-state index in [0.717, 1.165) is 5.56 Å². The van der Waals surface area contributed by atoms with Gasteiger partial charge in [0.25, 0.3) is 0 Å². The van der Waals surface area contributed by atoms with Gasteiger partial charge in [0.05, 0.1) is 12.0 Å². The maximum Gasteiger partial charge on any atom is 0.228 e. The Labute approximate surface area is 129 Å². The van der Waals surface area contributed by atoms with Gasteiger partial charge in [0.15, 0.2) is 0 Å². The molecule has 0 saturated carbocycles. The van der Waals surface area contributed by atoms with Gasteiger partial charge in [-0.1, -0.05) is 12.1 Å². The number of β-amino-alcohol motifs (C(OH)–C–C–N with tert-alkyl or cyclic N) is 1. The number of hydrazine groups is 1. The van der Waals surface area contributed by atoms with Gasteiger partial charge in [-0.2, -0.15) is 0 Å². The molecule has 22 heavy (non-hydrogen) atoms. The number of benzene rings is 1. The van der Waals surface area contributed by atoms with E-state index in [1.54, 1.807) is 17.0 Å². The number of carbonyl (C=O) groups is 1. The number of nitrogens with zero attached hydrogens (tertiary/aromatic N) is 1. The summed E-state index contributed by atoms with van der Waals surface area (Å²) in [7, 11) is 0. The highest BCUT2D eigenvalue weighted by Gasteiger charge is 2.37. The molecule has 2 fully saturated rings. The van der Waals surface area contributed by atoms with Crippen LogP contribution in [0.25, 0.3) is 0 Å². The first-order chi connectivity index (χ1) is 10.6. The molecule has 3 rings (SSSR count). The molecule has 1 amide bonds. The lowest BCUT2D eigenvalue weighted by molar-refractivity contribution is -0.138. The molecule has 0 spiro atoms. The second-order valence-electron chi connectivity index (χ2n) is 6.22. The fourth-order valence-electron chi connectivity index (χ4n) is 3.37. The number of hydrogen-bond donors (Lipinski definition) is 3. The summed E-state index contributed by atoms with van der Waals surface area (Å²) in [5, 5.41) is 10.4. The number of hydrogen-bond acceptors (Lipinski definition) is 4. The van der Waals surface area contributed by atoms with Gasteiger partial charge in [0.1, 0.15) is 5.82 Å². The zero-order valence-corrected chi connectivity index (χ0v) is 12.6. The van der Waals surface area contributed by atoms with Crippen LogP contribution in [-0.2, 0) is 4.79 Å². The topological polar surface area (TPSA) is 64.6 Å². The first-order valence-corrected chi connectivity index (χ1v) is 7.77. The van der Waals surface area contributed by atoms with Crippen LogP contribution < -0.4 is 10.9 Å². The van der Waals surface area contributed by atoms with Crippen LogP contribution in [0.1, 0.15) is 24.8 Å². The zero-order valence-electron chi connectivity index (χ0n) is 12.6. The molecule has 0 radical (unpaired) electrons. The van der Waals surface area contributed by atoms with Crippen molar-refractivity contribution in [3.8, 4) is 0 Å². The van der Waals surface area contributed by atoms with Crippen molar-refractivity contribution in [2.75, 3.05) is 19.6 Å². The normalized spacial score (nSPS) is 32.2. The van der Waals surface area contributed by atoms with Crippen molar-refractivity contribution >= 4 is 5.91 Å². The van der Waals surface area contributed by atoms with E-state index < -0.39 is 6.10 Å². The van der Waals surface area contributed by atoms with E-state index in [1.807, 2.05) is 6.92 Å². The van der Waals surface area contributed by atoms with Crippen molar-refractivity contribution in [3.63, 3.8) is 0 Å². The summed E-state index contributed by atoms with van der Waals surface area (Å²) in [4.78, 5) is 14.3. The molecule has 1 aromatic carbocycles. The van der Waals surface area contributed by atoms with Crippen LogP contribution in [0.4, 0.5) is 4.39 Å². The van der Waals surface area contributed by atoms with Crippen LogP contribution in [0.15, 0.2) is 24.3 Å². The molecule has 0 aliphatic carbocycles. The van der Waals surface area contributed by atoms with Crippen molar-refractivity contribution in [1.82, 2.24) is 15.8 Å². The van der Waals surface area contributed by atoms with Crippen LogP contribution in [0.3, 0.4) is 0 Å². The number of piperidine rings is 1. The first-order valence-electron chi connectivity index (χ1n) is 7.77. The van der Waals surface area contributed by atoms with E-state index in [2.05, 4.69) is 10.9 Å². The van der Waals surface area contributed by atoms with E-state index >= 15 is 0 Å². The van der Waals surface area contributed by atoms with Gasteiger partial charge < -0.3 is 10.0 Å². The fourth-order valence-corrected chi connectivity index (χ4v) is 3.37. The average Bonchev–Trinajstić information content (AvgIpc) is 2.93. The first kappa shape index (κ1) is 15.4. The molecule has 4 atom stereocenters. The van der Waals surface area contributed by atoms with Crippen molar-refractivity contribution in [2.45, 2.75) is 31.4 Å². The highest BCUT2D eigenvalue weighted by atomic mass is 19.1. The second-order valence-corrected chi connectivity index (χ2v) is 6.22. The van der Waals surface area contributed by atoms with Crippen LogP contribution in [0, 0.1) is 11.7 Å². The molecule has 2 aliphatic heterocycles. The summed E-state index contributed by atoms with van der Waals surface area (Å²) in [6, 6.07) is 6.36. The predicted molar refractivity (Wildman–Crippen MR) is 80.4 cm³/mol. The molecule has 2 heterocycles. The molecular formula is C16H22FN3O2. The highest BCUT2D eigenvalue weighted by molar-refractivity contribution is 5.80. The lowest BCUT2D eigenvalue weighted by Gasteiger charge is -2.37. The van der Waals surface area contributed by atoms with Crippen LogP contribution in [-0.4, -0.2) is 47.7 Å². The Kier molecular flexibility index (Phi) is 4.42. The largest absolute Gasteiger partial charge is 0.391 e. The number of rotatable bonds is 2. The van der Waals surface area contributed by atoms with Gasteiger partial charge in [0.2, 0.25) is 5.91 Å². The van der Waals surface area contributed by atoms with Crippen LogP contribution in [0.5, 0.6) is 0 Å². The van der Waals surface area contributed by atoms with E-state index in [-0.39, 0.29) is 29.6 Å². The Bertz CT molecular complexity index is 537. The number of carbonyl (C=O) groups excluding carboxylic acids is 1. The number of nitrogens with one attached hydrogen (secondary N) is 2. The minimum absolute atomic E-state index is 0.0399. The van der Waals surface area contributed by atoms with Crippen molar-refractivity contribution in [2.24, 2.45) is 5.92 Å². The third-order valence-electron chi connectivity index (χ3n) is 4.76. The second kappa shape index (κ2) is 6.32. The SMILES string of the molecule is CC1NNCC1C(=O)N1CC[C@H](c2ccc(F)cc2)[C@@H](O)C1. The van der Waals surface area contributed by atoms with Crippen molar-refractivity contribution < 1.29 is 14.3 Å². The molecule has 1 aromatic rings. The van der Waals surface area contributed by atoms with E-state index in [1.165, 1.54) is 12.1 Å². The summed E-state index contributed by atoms with van der Waals surface area (Å²) >= 11 is 0. The predicted octanol–water partition coefficient (Wildman–Crippen LogP) is 0.615. The number of halogens is 1. The third-order valence-corrected chi connectivity index (χ3v) is 4.76. The number of amides is 1. The molecule has 5 nitrogen and oxygen atoms in total. The summed E-state index contributed by atoms with van der Waals surface area (Å²) < 4.78 is 13.0. The molecule has 120 valence electrons. The average molecular weight is 307 g/mol. The Morgan fingerprint density at radius 2 is 2.09 bits per heavy atom. The minimum atomic E-state index is -0.610. The number of likely N-dealkylation sites (tertiary alicyclic amines) is 1. The monoisotopic (exact) mass is 307 g/mol. The lowest BCUT2D eigenvalue weighted by Crippen LogP contribution is -2.49. The molecule has 3 N–H and O–H groups in total. The maximum atomic E-state index is 13.0. The van der Waals surface area contributed by atoms with Gasteiger partial charge in [-0.3, -0.25) is 15.6 Å². The smallest absolute Gasteiger partial charge is 0.228 e. The van der Waals surface area contributed by atoms with Gasteiger partial charge in [-0.25, -0.2) is 4.39 Å². The van der Waals surface area contributed by atoms with Crippen molar-refractivity contribution in [1.29, 1.82) is 0 Å². The minimum Gasteiger partial charge on any atom is -0.391 e.